The highest BCUT2D eigenvalue weighted by atomic mass is 16.3. The number of nitrogens with zero attached hydrogens (tertiary/aromatic N) is 2. The first kappa shape index (κ1) is 37.5. The van der Waals surface area contributed by atoms with Gasteiger partial charge in [-0.1, -0.05) is 42.5 Å². The first-order chi connectivity index (χ1) is 21.6. The average Bonchev–Trinajstić information content (AvgIpc) is 2.98. The number of phenolic OH excluding ortho intramolecular Hbond substituents is 1. The molecule has 0 spiro atoms. The van der Waals surface area contributed by atoms with E-state index in [1.54, 1.807) is 12.1 Å². The molecule has 0 saturated heterocycles. The summed E-state index contributed by atoms with van der Waals surface area (Å²) in [5.41, 5.74) is 24.1. The minimum atomic E-state index is -1.09. The SMILES string of the molecule is C[N+](C)(C)CCC[C@H](NC(=O)[C@H](Cc1ccccc1)NC(=O)[C@@H](CCCN=C(N)N)NC(=O)[C@@H](N)Cc1ccc(O)cc1)C(N)=O. The summed E-state index contributed by atoms with van der Waals surface area (Å²) < 4.78 is 0.682. The molecule has 0 bridgehead atoms. The largest absolute Gasteiger partial charge is 0.508 e. The normalized spacial score (nSPS) is 13.8. The van der Waals surface area contributed by atoms with Crippen molar-refractivity contribution in [1.82, 2.24) is 16.0 Å². The third kappa shape index (κ3) is 14.4. The molecule has 0 radical (unpaired) electrons. The zero-order chi connectivity index (χ0) is 34.3. The van der Waals surface area contributed by atoms with Crippen LogP contribution in [0.15, 0.2) is 59.6 Å². The van der Waals surface area contributed by atoms with Crippen molar-refractivity contribution in [1.29, 1.82) is 0 Å². The van der Waals surface area contributed by atoms with Gasteiger partial charge in [-0.2, -0.15) is 0 Å². The number of primary amides is 1. The third-order valence-corrected chi connectivity index (χ3v) is 7.20. The van der Waals surface area contributed by atoms with E-state index in [-0.39, 0.29) is 37.5 Å². The number of quaternary nitrogens is 1. The molecule has 0 unspecified atom stereocenters. The van der Waals surface area contributed by atoms with Crippen LogP contribution < -0.4 is 38.9 Å². The Morgan fingerprint density at radius 1 is 0.739 bits per heavy atom. The minimum absolute atomic E-state index is 0.0830. The van der Waals surface area contributed by atoms with Crippen molar-refractivity contribution in [2.75, 3.05) is 34.2 Å². The number of rotatable bonds is 19. The number of amides is 4. The summed E-state index contributed by atoms with van der Waals surface area (Å²) in [6, 6.07) is 11.3. The molecule has 0 fully saturated rings. The summed E-state index contributed by atoms with van der Waals surface area (Å²) in [6.07, 6.45) is 1.75. The smallest absolute Gasteiger partial charge is 0.243 e. The van der Waals surface area contributed by atoms with E-state index in [9.17, 15) is 24.3 Å². The van der Waals surface area contributed by atoms with E-state index in [0.717, 1.165) is 17.7 Å². The highest BCUT2D eigenvalue weighted by molar-refractivity contribution is 5.94. The van der Waals surface area contributed by atoms with Crippen molar-refractivity contribution < 1.29 is 28.8 Å². The van der Waals surface area contributed by atoms with Gasteiger partial charge in [0.15, 0.2) is 5.96 Å². The molecule has 0 aliphatic heterocycles. The molecular weight excluding hydrogens is 590 g/mol. The monoisotopic (exact) mass is 640 g/mol. The van der Waals surface area contributed by atoms with Crippen LogP contribution in [0.5, 0.6) is 5.75 Å². The number of benzene rings is 2. The lowest BCUT2D eigenvalue weighted by atomic mass is 10.0. The third-order valence-electron chi connectivity index (χ3n) is 7.20. The Morgan fingerprint density at radius 2 is 1.28 bits per heavy atom. The van der Waals surface area contributed by atoms with E-state index >= 15 is 0 Å². The Hall–Kier alpha value is -4.69. The summed E-state index contributed by atoms with van der Waals surface area (Å²) in [4.78, 5) is 56.5. The van der Waals surface area contributed by atoms with Crippen LogP contribution in [0.2, 0.25) is 0 Å². The maximum atomic E-state index is 13.7. The molecule has 2 rings (SSSR count). The van der Waals surface area contributed by atoms with E-state index < -0.39 is 47.8 Å². The quantitative estimate of drug-likeness (QED) is 0.0408. The fourth-order valence-electron chi connectivity index (χ4n) is 4.69. The zero-order valence-electron chi connectivity index (χ0n) is 26.9. The van der Waals surface area contributed by atoms with Crippen molar-refractivity contribution in [2.45, 2.75) is 62.7 Å². The summed E-state index contributed by atoms with van der Waals surface area (Å²) in [7, 11) is 6.07. The highest BCUT2D eigenvalue weighted by Gasteiger charge is 2.30. The van der Waals surface area contributed by atoms with Crippen molar-refractivity contribution in [2.24, 2.45) is 27.9 Å². The lowest BCUT2D eigenvalue weighted by Crippen LogP contribution is -2.58. The number of aliphatic imine (C=N–C) groups is 1. The van der Waals surface area contributed by atoms with Crippen LogP contribution in [0.25, 0.3) is 0 Å². The van der Waals surface area contributed by atoms with E-state index in [1.807, 2.05) is 51.5 Å². The highest BCUT2D eigenvalue weighted by Crippen LogP contribution is 2.12. The first-order valence-electron chi connectivity index (χ1n) is 15.3. The van der Waals surface area contributed by atoms with Crippen LogP contribution in [0.4, 0.5) is 0 Å². The topological polar surface area (TPSA) is 241 Å². The van der Waals surface area contributed by atoms with Gasteiger partial charge >= 0.3 is 0 Å². The predicted octanol–water partition coefficient (Wildman–Crippen LogP) is -1.02. The average molecular weight is 641 g/mol. The molecule has 0 saturated carbocycles. The number of aromatic hydroxyl groups is 1. The van der Waals surface area contributed by atoms with Gasteiger partial charge in [0.05, 0.1) is 33.7 Å². The van der Waals surface area contributed by atoms with Crippen molar-refractivity contribution in [3.8, 4) is 5.75 Å². The van der Waals surface area contributed by atoms with E-state index in [0.29, 0.717) is 23.7 Å². The number of carbonyl (C=O) groups is 4. The fraction of sp³-hybridized carbons (Fsp3) is 0.469. The second-order valence-electron chi connectivity index (χ2n) is 12.4. The molecular formula is C32H50N9O5+. The molecule has 0 aliphatic carbocycles. The summed E-state index contributed by atoms with van der Waals surface area (Å²) in [6.45, 7) is 0.975. The molecule has 0 heterocycles. The predicted molar refractivity (Wildman–Crippen MR) is 177 cm³/mol. The molecule has 14 nitrogen and oxygen atoms in total. The maximum absolute atomic E-state index is 13.7. The van der Waals surface area contributed by atoms with Gasteiger partial charge in [-0.05, 0) is 55.4 Å². The molecule has 2 aromatic rings. The van der Waals surface area contributed by atoms with Crippen LogP contribution in [0.3, 0.4) is 0 Å². The lowest BCUT2D eigenvalue weighted by Gasteiger charge is -2.27. The van der Waals surface area contributed by atoms with Crippen LogP contribution >= 0.6 is 0 Å². The van der Waals surface area contributed by atoms with Gasteiger partial charge in [-0.15, -0.1) is 0 Å². The standard InChI is InChI=1S/C32H49N9O5/c1-41(2,3)18-8-12-25(28(34)43)38-31(46)27(20-21-9-5-4-6-10-21)40-30(45)26(11-7-17-37-32(35)36)39-29(44)24(33)19-22-13-15-23(42)16-14-22/h4-6,9-10,13-16,24-27H,7-8,11-12,17-20,33H2,1-3H3,(H9-,34,35,36,37,38,39,40,42,43,44,45,46)/p+1/t24-,25-,26+,27-/m0/s1. The second-order valence-corrected chi connectivity index (χ2v) is 12.4. The number of nitrogens with one attached hydrogen (secondary N) is 3. The van der Waals surface area contributed by atoms with Crippen molar-refractivity contribution in [3.63, 3.8) is 0 Å². The van der Waals surface area contributed by atoms with Gasteiger partial charge in [-0.3, -0.25) is 24.2 Å². The first-order valence-corrected chi connectivity index (χ1v) is 15.3. The molecule has 4 atom stereocenters. The van der Waals surface area contributed by atoms with E-state index in [1.165, 1.54) is 12.1 Å². The van der Waals surface area contributed by atoms with E-state index in [4.69, 9.17) is 22.9 Å². The molecule has 46 heavy (non-hydrogen) atoms. The molecule has 252 valence electrons. The molecule has 0 aromatic heterocycles. The molecule has 2 aromatic carbocycles. The molecule has 12 N–H and O–H groups in total. The van der Waals surface area contributed by atoms with Crippen LogP contribution in [0, 0.1) is 0 Å². The molecule has 4 amide bonds. The number of nitrogens with two attached hydrogens (primary N) is 4. The number of guanidine groups is 1. The summed E-state index contributed by atoms with van der Waals surface area (Å²) in [5.74, 6) is -2.48. The lowest BCUT2D eigenvalue weighted by molar-refractivity contribution is -0.870. The number of phenols is 1. The summed E-state index contributed by atoms with van der Waals surface area (Å²) >= 11 is 0. The van der Waals surface area contributed by atoms with Crippen molar-refractivity contribution in [3.05, 3.63) is 65.7 Å². The summed E-state index contributed by atoms with van der Waals surface area (Å²) in [5, 5.41) is 17.7. The number of carbonyl (C=O) groups excluding carboxylic acids is 4. The number of hydrogen-bond donors (Lipinski definition) is 8. The molecule has 0 aliphatic rings. The number of hydrogen-bond acceptors (Lipinski definition) is 7. The van der Waals surface area contributed by atoms with Gasteiger partial charge in [-0.25, -0.2) is 0 Å². The second kappa shape index (κ2) is 18.3. The maximum Gasteiger partial charge on any atom is 0.243 e. The van der Waals surface area contributed by atoms with Crippen LogP contribution in [-0.2, 0) is 32.0 Å². The van der Waals surface area contributed by atoms with Gasteiger partial charge in [0.2, 0.25) is 23.6 Å². The Morgan fingerprint density at radius 3 is 1.87 bits per heavy atom. The van der Waals surface area contributed by atoms with Gasteiger partial charge in [0, 0.05) is 13.0 Å². The van der Waals surface area contributed by atoms with Crippen LogP contribution in [-0.4, -0.2) is 97.6 Å². The Labute approximate surface area is 270 Å². The van der Waals surface area contributed by atoms with Gasteiger partial charge < -0.3 is 48.5 Å². The van der Waals surface area contributed by atoms with Gasteiger partial charge in [0.25, 0.3) is 0 Å². The van der Waals surface area contributed by atoms with Crippen molar-refractivity contribution >= 4 is 29.6 Å². The minimum Gasteiger partial charge on any atom is -0.508 e. The van der Waals surface area contributed by atoms with Crippen LogP contribution in [0.1, 0.15) is 36.8 Å². The Bertz CT molecular complexity index is 1310. The zero-order valence-corrected chi connectivity index (χ0v) is 26.9. The Balaban J connectivity index is 2.23. The van der Waals surface area contributed by atoms with Gasteiger partial charge in [0.1, 0.15) is 23.9 Å². The fourth-order valence-corrected chi connectivity index (χ4v) is 4.69. The molecule has 14 heteroatoms. The Kier molecular flexibility index (Phi) is 14.9. The van der Waals surface area contributed by atoms with E-state index in [2.05, 4.69) is 20.9 Å².